The number of anilines is 1. The van der Waals surface area contributed by atoms with E-state index in [4.69, 9.17) is 14.5 Å². The van der Waals surface area contributed by atoms with Crippen molar-refractivity contribution in [2.75, 3.05) is 26.1 Å². The summed E-state index contributed by atoms with van der Waals surface area (Å²) in [6.07, 6.45) is 1.89. The normalized spacial score (nSPS) is 11.3. The third-order valence-electron chi connectivity index (χ3n) is 6.85. The maximum absolute atomic E-state index is 6.18. The maximum Gasteiger partial charge on any atom is 0.119 e. The molecule has 0 saturated carbocycles. The van der Waals surface area contributed by atoms with Gasteiger partial charge < -0.3 is 14.4 Å². The van der Waals surface area contributed by atoms with Gasteiger partial charge in [0.05, 0.1) is 43.4 Å². The Labute approximate surface area is 227 Å². The van der Waals surface area contributed by atoms with Crippen LogP contribution in [0.3, 0.4) is 0 Å². The highest BCUT2D eigenvalue weighted by atomic mass is 16.5. The fraction of sp³-hybridized carbons (Fsp3) is 0.156. The van der Waals surface area contributed by atoms with E-state index in [1.165, 1.54) is 5.39 Å². The molecule has 0 atom stereocenters. The molecule has 6 aromatic rings. The van der Waals surface area contributed by atoms with E-state index < -0.39 is 0 Å². The lowest BCUT2D eigenvalue weighted by molar-refractivity contribution is 0.105. The third kappa shape index (κ3) is 5.04. The van der Waals surface area contributed by atoms with Gasteiger partial charge in [0.15, 0.2) is 0 Å². The Hall–Kier alpha value is -4.75. The second kappa shape index (κ2) is 10.6. The summed E-state index contributed by atoms with van der Waals surface area (Å²) in [7, 11) is 5.74. The van der Waals surface area contributed by atoms with Crippen LogP contribution in [0.15, 0.2) is 97.2 Å². The van der Waals surface area contributed by atoms with Gasteiger partial charge in [0.25, 0.3) is 0 Å². The molecule has 39 heavy (non-hydrogen) atoms. The summed E-state index contributed by atoms with van der Waals surface area (Å²) in [5.41, 5.74) is 6.87. The summed E-state index contributed by atoms with van der Waals surface area (Å²) in [5, 5.41) is 11.9. The van der Waals surface area contributed by atoms with E-state index in [1.54, 1.807) is 11.8 Å². The zero-order chi connectivity index (χ0) is 26.8. The lowest BCUT2D eigenvalue weighted by Crippen LogP contribution is -2.08. The van der Waals surface area contributed by atoms with E-state index >= 15 is 0 Å². The van der Waals surface area contributed by atoms with Crippen LogP contribution >= 0.6 is 0 Å². The average molecular weight is 516 g/mol. The first-order valence-corrected chi connectivity index (χ1v) is 12.8. The maximum atomic E-state index is 6.18. The number of benzene rings is 4. The van der Waals surface area contributed by atoms with Crippen LogP contribution in [0.5, 0.6) is 5.75 Å². The standard InChI is InChI=1S/C32H29N5O2/c1-36(2)26-11-8-23(9-12-26)31-18-24(30-17-10-22-6-4-5-7-29(22)32(30)33-31)20-39-21-25-19-37(35-34-25)27-13-15-28(38-3)16-14-27/h4-19H,20-21H2,1-3H3. The Morgan fingerprint density at radius 2 is 1.62 bits per heavy atom. The molecule has 0 radical (unpaired) electrons. The van der Waals surface area contributed by atoms with Gasteiger partial charge in [-0.05, 0) is 53.4 Å². The van der Waals surface area contributed by atoms with Gasteiger partial charge in [0, 0.05) is 36.1 Å². The van der Waals surface area contributed by atoms with Gasteiger partial charge in [-0.1, -0.05) is 53.7 Å². The van der Waals surface area contributed by atoms with E-state index in [0.29, 0.717) is 13.2 Å². The molecule has 0 bridgehead atoms. The van der Waals surface area contributed by atoms with Crippen molar-refractivity contribution in [3.8, 4) is 22.7 Å². The van der Waals surface area contributed by atoms with Gasteiger partial charge in [-0.15, -0.1) is 5.10 Å². The zero-order valence-corrected chi connectivity index (χ0v) is 22.2. The number of hydrogen-bond acceptors (Lipinski definition) is 6. The number of pyridine rings is 1. The van der Waals surface area contributed by atoms with Crippen molar-refractivity contribution < 1.29 is 9.47 Å². The minimum absolute atomic E-state index is 0.348. The summed E-state index contributed by atoms with van der Waals surface area (Å²) in [5.74, 6) is 0.799. The molecule has 0 aliphatic carbocycles. The molecule has 2 heterocycles. The Kier molecular flexibility index (Phi) is 6.65. The largest absolute Gasteiger partial charge is 0.497 e. The molecule has 0 spiro atoms. The molecule has 0 fully saturated rings. The number of methoxy groups -OCH3 is 1. The van der Waals surface area contributed by atoms with Gasteiger partial charge in [0.2, 0.25) is 0 Å². The van der Waals surface area contributed by atoms with Crippen molar-refractivity contribution in [1.82, 2.24) is 20.0 Å². The summed E-state index contributed by atoms with van der Waals surface area (Å²) >= 11 is 0. The molecular formula is C32H29N5O2. The molecule has 0 aliphatic heterocycles. The minimum atomic E-state index is 0.348. The second-order valence-electron chi connectivity index (χ2n) is 9.64. The van der Waals surface area contributed by atoms with Crippen molar-refractivity contribution in [3.63, 3.8) is 0 Å². The highest BCUT2D eigenvalue weighted by Gasteiger charge is 2.12. The molecule has 7 nitrogen and oxygen atoms in total. The number of hydrogen-bond donors (Lipinski definition) is 0. The van der Waals surface area contributed by atoms with Gasteiger partial charge in [0.1, 0.15) is 11.4 Å². The van der Waals surface area contributed by atoms with Crippen molar-refractivity contribution in [3.05, 3.63) is 108 Å². The van der Waals surface area contributed by atoms with Crippen LogP contribution in [-0.4, -0.2) is 41.2 Å². The topological polar surface area (TPSA) is 65.3 Å². The van der Waals surface area contributed by atoms with Crippen LogP contribution in [0.4, 0.5) is 5.69 Å². The summed E-state index contributed by atoms with van der Waals surface area (Å²) in [6, 6.07) is 31.0. The predicted octanol–water partition coefficient (Wildman–Crippen LogP) is 6.43. The predicted molar refractivity (Wildman–Crippen MR) is 155 cm³/mol. The molecule has 7 heteroatoms. The van der Waals surface area contributed by atoms with Crippen molar-refractivity contribution in [1.29, 1.82) is 0 Å². The third-order valence-corrected chi connectivity index (χ3v) is 6.85. The van der Waals surface area contributed by atoms with Crippen molar-refractivity contribution >= 4 is 27.4 Å². The van der Waals surface area contributed by atoms with Crippen LogP contribution < -0.4 is 9.64 Å². The first-order valence-electron chi connectivity index (χ1n) is 12.8. The molecule has 0 aliphatic rings. The second-order valence-corrected chi connectivity index (χ2v) is 9.64. The highest BCUT2D eigenvalue weighted by molar-refractivity contribution is 6.06. The van der Waals surface area contributed by atoms with Gasteiger partial charge in [-0.3, -0.25) is 0 Å². The van der Waals surface area contributed by atoms with Gasteiger partial charge in [-0.2, -0.15) is 0 Å². The molecule has 0 unspecified atom stereocenters. The van der Waals surface area contributed by atoms with Crippen molar-refractivity contribution in [2.24, 2.45) is 0 Å². The van der Waals surface area contributed by atoms with Crippen LogP contribution in [0.2, 0.25) is 0 Å². The molecule has 2 aromatic heterocycles. The SMILES string of the molecule is COc1ccc(-n2cc(COCc3cc(-c4ccc(N(C)C)cc4)nc4c3ccc3ccccc34)nn2)cc1. The van der Waals surface area contributed by atoms with Gasteiger partial charge >= 0.3 is 0 Å². The van der Waals surface area contributed by atoms with Crippen LogP contribution in [-0.2, 0) is 18.0 Å². The smallest absolute Gasteiger partial charge is 0.119 e. The Balaban J connectivity index is 1.29. The quantitative estimate of drug-likeness (QED) is 0.218. The van der Waals surface area contributed by atoms with E-state index in [2.05, 4.69) is 81.9 Å². The van der Waals surface area contributed by atoms with Crippen LogP contribution in [0, 0.1) is 0 Å². The molecule has 0 saturated heterocycles. The molecule has 6 rings (SSSR count). The summed E-state index contributed by atoms with van der Waals surface area (Å²) in [6.45, 7) is 0.774. The van der Waals surface area contributed by atoms with Crippen LogP contribution in [0.1, 0.15) is 11.3 Å². The fourth-order valence-electron chi connectivity index (χ4n) is 4.72. The Bertz CT molecular complexity index is 1740. The van der Waals surface area contributed by atoms with E-state index in [1.807, 2.05) is 44.6 Å². The lowest BCUT2D eigenvalue weighted by atomic mass is 10.00. The first kappa shape index (κ1) is 24.6. The molecule has 194 valence electrons. The van der Waals surface area contributed by atoms with E-state index in [9.17, 15) is 0 Å². The lowest BCUT2D eigenvalue weighted by Gasteiger charge is -2.14. The Morgan fingerprint density at radius 1 is 0.821 bits per heavy atom. The Morgan fingerprint density at radius 3 is 2.38 bits per heavy atom. The molecule has 0 N–H and O–H groups in total. The molecular weight excluding hydrogens is 486 g/mol. The fourth-order valence-corrected chi connectivity index (χ4v) is 4.72. The minimum Gasteiger partial charge on any atom is -0.497 e. The average Bonchev–Trinajstić information content (AvgIpc) is 3.46. The summed E-state index contributed by atoms with van der Waals surface area (Å²) in [4.78, 5) is 7.21. The van der Waals surface area contributed by atoms with Crippen LogP contribution in [0.25, 0.3) is 38.6 Å². The number of aromatic nitrogens is 4. The number of fused-ring (bicyclic) bond motifs is 3. The monoisotopic (exact) mass is 515 g/mol. The number of rotatable bonds is 8. The number of nitrogens with zero attached hydrogens (tertiary/aromatic N) is 5. The first-order chi connectivity index (χ1) is 19.1. The summed E-state index contributed by atoms with van der Waals surface area (Å²) < 4.78 is 13.2. The van der Waals surface area contributed by atoms with E-state index in [-0.39, 0.29) is 0 Å². The van der Waals surface area contributed by atoms with E-state index in [0.717, 1.165) is 55.9 Å². The van der Waals surface area contributed by atoms with Crippen molar-refractivity contribution in [2.45, 2.75) is 13.2 Å². The van der Waals surface area contributed by atoms with Gasteiger partial charge in [-0.25, -0.2) is 9.67 Å². The zero-order valence-electron chi connectivity index (χ0n) is 22.2. The molecule has 4 aromatic carbocycles. The number of ether oxygens (including phenoxy) is 2. The highest BCUT2D eigenvalue weighted by Crippen LogP contribution is 2.31. The molecule has 0 amide bonds.